The van der Waals surface area contributed by atoms with Gasteiger partial charge in [-0.3, -0.25) is 10.8 Å². The fourth-order valence-corrected chi connectivity index (χ4v) is 3.05. The van der Waals surface area contributed by atoms with Gasteiger partial charge in [-0.15, -0.1) is 5.10 Å². The Kier molecular flexibility index (Phi) is 3.23. The van der Waals surface area contributed by atoms with Gasteiger partial charge in [0.15, 0.2) is 22.3 Å². The first-order valence-corrected chi connectivity index (χ1v) is 7.67. The minimum absolute atomic E-state index is 0.183. The standard InChI is InChI=1S/C15H12N4O3S/c16-13(7-9-3-4-10-12(6-9)22-8-21-10)19-15(17)23-14(18-19)11-2-1-5-20-11/h1-6,16-17H,7-8H2. The van der Waals surface area contributed by atoms with Gasteiger partial charge in [-0.05, 0) is 29.8 Å². The maximum Gasteiger partial charge on any atom is 0.231 e. The molecular formula is C15H12N4O3S. The number of rotatable bonds is 3. The Labute approximate surface area is 134 Å². The molecule has 1 aliphatic rings. The minimum atomic E-state index is 0.183. The molecule has 7 nitrogen and oxygen atoms in total. The van der Waals surface area contributed by atoms with E-state index in [1.807, 2.05) is 18.2 Å². The van der Waals surface area contributed by atoms with Crippen LogP contribution in [0, 0.1) is 10.8 Å². The summed E-state index contributed by atoms with van der Waals surface area (Å²) in [7, 11) is 0. The molecule has 3 aromatic rings. The highest BCUT2D eigenvalue weighted by Crippen LogP contribution is 2.32. The lowest BCUT2D eigenvalue weighted by Crippen LogP contribution is -2.25. The van der Waals surface area contributed by atoms with Crippen molar-refractivity contribution in [1.29, 1.82) is 10.8 Å². The fourth-order valence-electron chi connectivity index (χ4n) is 2.29. The van der Waals surface area contributed by atoms with Gasteiger partial charge in [-0.25, -0.2) is 0 Å². The van der Waals surface area contributed by atoms with Crippen molar-refractivity contribution < 1.29 is 13.9 Å². The number of fused-ring (bicyclic) bond motifs is 1. The number of benzene rings is 1. The van der Waals surface area contributed by atoms with Crippen molar-refractivity contribution in [1.82, 2.24) is 9.78 Å². The van der Waals surface area contributed by atoms with Crippen molar-refractivity contribution in [3.05, 3.63) is 47.0 Å². The van der Waals surface area contributed by atoms with Crippen LogP contribution in [0.25, 0.3) is 10.8 Å². The monoisotopic (exact) mass is 328 g/mol. The number of nitrogens with one attached hydrogen (secondary N) is 2. The molecule has 2 N–H and O–H groups in total. The Balaban J connectivity index is 1.59. The summed E-state index contributed by atoms with van der Waals surface area (Å²) >= 11 is 1.17. The molecule has 0 amide bonds. The molecule has 8 heteroatoms. The zero-order valence-corrected chi connectivity index (χ0v) is 12.7. The molecule has 0 bridgehead atoms. The molecule has 0 unspecified atom stereocenters. The molecule has 0 aliphatic carbocycles. The first-order chi connectivity index (χ1) is 11.2. The van der Waals surface area contributed by atoms with Gasteiger partial charge < -0.3 is 13.9 Å². The molecule has 0 saturated heterocycles. The normalized spacial score (nSPS) is 12.5. The number of nitrogens with zero attached hydrogens (tertiary/aromatic N) is 2. The van der Waals surface area contributed by atoms with Gasteiger partial charge in [0.25, 0.3) is 0 Å². The average Bonchev–Trinajstić information content (AvgIpc) is 3.26. The Morgan fingerprint density at radius 3 is 2.96 bits per heavy atom. The highest BCUT2D eigenvalue weighted by molar-refractivity contribution is 7.12. The molecule has 0 fully saturated rings. The number of ether oxygens (including phenoxy) is 2. The van der Waals surface area contributed by atoms with Gasteiger partial charge in [-0.2, -0.15) is 4.68 Å². The minimum Gasteiger partial charge on any atom is -0.462 e. The summed E-state index contributed by atoms with van der Waals surface area (Å²) < 4.78 is 17.2. The van der Waals surface area contributed by atoms with Gasteiger partial charge in [0.05, 0.1) is 6.26 Å². The first-order valence-electron chi connectivity index (χ1n) is 6.85. The zero-order chi connectivity index (χ0) is 15.8. The van der Waals surface area contributed by atoms with Crippen molar-refractivity contribution in [2.45, 2.75) is 6.42 Å². The van der Waals surface area contributed by atoms with Crippen LogP contribution < -0.4 is 14.3 Å². The lowest BCUT2D eigenvalue weighted by atomic mass is 10.1. The number of furan rings is 1. The molecule has 0 radical (unpaired) electrons. The predicted molar refractivity (Wildman–Crippen MR) is 83.1 cm³/mol. The van der Waals surface area contributed by atoms with E-state index in [2.05, 4.69) is 5.10 Å². The second-order valence-corrected chi connectivity index (χ2v) is 5.89. The van der Waals surface area contributed by atoms with Crippen LogP contribution in [0.4, 0.5) is 0 Å². The van der Waals surface area contributed by atoms with Crippen molar-refractivity contribution in [2.75, 3.05) is 6.79 Å². The molecule has 0 atom stereocenters. The van der Waals surface area contributed by atoms with Crippen LogP contribution in [0.3, 0.4) is 0 Å². The third kappa shape index (κ3) is 2.53. The number of hydrogen-bond acceptors (Lipinski definition) is 7. The van der Waals surface area contributed by atoms with E-state index in [1.165, 1.54) is 16.0 Å². The molecule has 3 heterocycles. The van der Waals surface area contributed by atoms with E-state index in [0.717, 1.165) is 5.56 Å². The van der Waals surface area contributed by atoms with Crippen molar-refractivity contribution in [2.24, 2.45) is 0 Å². The number of aromatic nitrogens is 2. The van der Waals surface area contributed by atoms with E-state index < -0.39 is 0 Å². The van der Waals surface area contributed by atoms with Crippen LogP contribution in [-0.2, 0) is 6.42 Å². The molecule has 23 heavy (non-hydrogen) atoms. The number of hydrogen-bond donors (Lipinski definition) is 2. The summed E-state index contributed by atoms with van der Waals surface area (Å²) in [5.74, 6) is 2.20. The van der Waals surface area contributed by atoms with E-state index in [4.69, 9.17) is 24.7 Å². The third-order valence-corrected chi connectivity index (χ3v) is 4.22. The van der Waals surface area contributed by atoms with Crippen LogP contribution in [0.15, 0.2) is 41.0 Å². The van der Waals surface area contributed by atoms with Crippen molar-refractivity contribution in [3.8, 4) is 22.3 Å². The van der Waals surface area contributed by atoms with E-state index in [0.29, 0.717) is 28.7 Å². The zero-order valence-electron chi connectivity index (χ0n) is 11.9. The molecule has 0 saturated carbocycles. The van der Waals surface area contributed by atoms with Gasteiger partial charge >= 0.3 is 0 Å². The smallest absolute Gasteiger partial charge is 0.231 e. The van der Waals surface area contributed by atoms with Crippen LogP contribution in [0.1, 0.15) is 5.56 Å². The van der Waals surface area contributed by atoms with Crippen molar-refractivity contribution in [3.63, 3.8) is 0 Å². The van der Waals surface area contributed by atoms with E-state index in [9.17, 15) is 0 Å². The summed E-state index contributed by atoms with van der Waals surface area (Å²) in [6.07, 6.45) is 1.90. The van der Waals surface area contributed by atoms with Gasteiger partial charge in [-0.1, -0.05) is 17.4 Å². The SMILES string of the molecule is N=C(Cc1ccc2c(c1)OCO2)n1nc(-c2ccco2)sc1=N. The quantitative estimate of drug-likeness (QED) is 0.570. The lowest BCUT2D eigenvalue weighted by Gasteiger charge is -2.05. The molecule has 1 aliphatic heterocycles. The molecule has 0 spiro atoms. The van der Waals surface area contributed by atoms with Crippen LogP contribution >= 0.6 is 11.3 Å². The summed E-state index contributed by atoms with van der Waals surface area (Å²) in [6, 6.07) is 9.10. The lowest BCUT2D eigenvalue weighted by molar-refractivity contribution is 0.174. The van der Waals surface area contributed by atoms with Gasteiger partial charge in [0.1, 0.15) is 5.84 Å². The van der Waals surface area contributed by atoms with Crippen LogP contribution in [0.5, 0.6) is 11.5 Å². The summed E-state index contributed by atoms with van der Waals surface area (Å²) in [6.45, 7) is 0.223. The third-order valence-electron chi connectivity index (χ3n) is 3.37. The van der Waals surface area contributed by atoms with Crippen LogP contribution in [0.2, 0.25) is 0 Å². The molecule has 1 aromatic carbocycles. The Hall–Kier alpha value is -2.87. The van der Waals surface area contributed by atoms with E-state index in [1.54, 1.807) is 18.4 Å². The Morgan fingerprint density at radius 1 is 1.26 bits per heavy atom. The topological polar surface area (TPSA) is 97.1 Å². The molecule has 116 valence electrons. The highest BCUT2D eigenvalue weighted by Gasteiger charge is 2.16. The Morgan fingerprint density at radius 2 is 2.13 bits per heavy atom. The highest BCUT2D eigenvalue weighted by atomic mass is 32.1. The Bertz CT molecular complexity index is 927. The summed E-state index contributed by atoms with van der Waals surface area (Å²) in [5, 5.41) is 21.1. The van der Waals surface area contributed by atoms with E-state index >= 15 is 0 Å². The molecule has 4 rings (SSSR count). The second-order valence-electron chi connectivity index (χ2n) is 4.91. The fraction of sp³-hybridized carbons (Fsp3) is 0.133. The maximum atomic E-state index is 8.23. The second kappa shape index (κ2) is 5.40. The van der Waals surface area contributed by atoms with Gasteiger partial charge in [0.2, 0.25) is 11.6 Å². The summed E-state index contributed by atoms with van der Waals surface area (Å²) in [4.78, 5) is 0.183. The van der Waals surface area contributed by atoms with Gasteiger partial charge in [0, 0.05) is 6.42 Å². The average molecular weight is 328 g/mol. The summed E-state index contributed by atoms with van der Waals surface area (Å²) in [5.41, 5.74) is 0.902. The van der Waals surface area contributed by atoms with E-state index in [-0.39, 0.29) is 17.4 Å². The maximum absolute atomic E-state index is 8.23. The van der Waals surface area contributed by atoms with Crippen LogP contribution in [-0.4, -0.2) is 22.4 Å². The largest absolute Gasteiger partial charge is 0.462 e. The first kappa shape index (κ1) is 13.8. The molecule has 2 aromatic heterocycles. The van der Waals surface area contributed by atoms with Crippen molar-refractivity contribution >= 4 is 17.2 Å². The predicted octanol–water partition coefficient (Wildman–Crippen LogP) is 2.48. The molecular weight excluding hydrogens is 316 g/mol.